The second-order valence-electron chi connectivity index (χ2n) is 18.3. The topological polar surface area (TPSA) is 515 Å². The lowest BCUT2D eigenvalue weighted by Crippen LogP contribution is -2.10. The molecular weight excluding hydrogens is 1470 g/mol. The largest absolute Gasteiger partial charge is 0.744 e. The highest BCUT2D eigenvalue weighted by atomic mass is 32.3. The van der Waals surface area contributed by atoms with E-state index >= 15 is 0 Å². The number of hydrogen-bond donors (Lipinski definition) is 0. The molecule has 564 valence electrons. The highest BCUT2D eigenvalue weighted by Crippen LogP contribution is 2.25. The maximum Gasteiger partial charge on any atom is 0.125 e. The van der Waals surface area contributed by atoms with Gasteiger partial charge in [-0.1, -0.05) is 169 Å². The van der Waals surface area contributed by atoms with Gasteiger partial charge in [0, 0.05) is 0 Å². The average molecular weight is 1560 g/mol. The van der Waals surface area contributed by atoms with Gasteiger partial charge in [-0.2, -0.15) is 0 Å². The highest BCUT2D eigenvalue weighted by molar-refractivity contribution is 7.89. The van der Waals surface area contributed by atoms with Crippen LogP contribution in [0.1, 0.15) is 129 Å². The van der Waals surface area contributed by atoms with Crippen LogP contribution in [-0.2, 0) is 91.1 Å². The van der Waals surface area contributed by atoms with Crippen LogP contribution in [-0.4, -0.2) is 117 Å². The fraction of sp³-hybridized carbons (Fsp3) is 0.323. The van der Waals surface area contributed by atoms with Crippen LogP contribution in [0.4, 0.5) is 0 Å². The van der Waals surface area contributed by atoms with E-state index in [4.69, 9.17) is 0 Å². The second kappa shape index (κ2) is 44.8. The van der Waals surface area contributed by atoms with Crippen LogP contribution in [0.3, 0.4) is 0 Å². The second-order valence-corrected chi connectivity index (χ2v) is 30.5. The molecule has 0 spiro atoms. The van der Waals surface area contributed by atoms with Gasteiger partial charge in [0.15, 0.2) is 0 Å². The summed E-state index contributed by atoms with van der Waals surface area (Å²) in [5.74, 6) is 0. The lowest BCUT2D eigenvalue weighted by atomic mass is 10.1. The van der Waals surface area contributed by atoms with Crippen LogP contribution >= 0.6 is 0 Å². The molecule has 0 unspecified atom stereocenters. The maximum atomic E-state index is 10.8. The summed E-state index contributed by atoms with van der Waals surface area (Å²) < 4.78 is 288. The van der Waals surface area contributed by atoms with E-state index in [1.54, 1.807) is 58.9 Å². The van der Waals surface area contributed by atoms with Crippen LogP contribution in [0.5, 0.6) is 0 Å². The van der Waals surface area contributed by atoms with Crippen molar-refractivity contribution in [1.29, 1.82) is 0 Å². The van der Waals surface area contributed by atoms with E-state index in [1.807, 2.05) is 45.0 Å². The Balaban J connectivity index is -0.000000133. The minimum Gasteiger partial charge on any atom is -0.744 e. The molecule has 0 saturated heterocycles. The lowest BCUT2D eigenvalue weighted by Gasteiger charge is -2.17. The maximum absolute atomic E-state index is 10.8. The molecule has 0 radical (unpaired) electrons. The molecule has 0 aliphatic heterocycles. The summed E-state index contributed by atoms with van der Waals surface area (Å²) in [6, 6.07) is 32.8. The summed E-state index contributed by atoms with van der Waals surface area (Å²) in [7, 11) is -42.3. The van der Waals surface area contributed by atoms with Crippen molar-refractivity contribution in [1.82, 2.24) is 0 Å². The zero-order valence-corrected chi connectivity index (χ0v) is 56.8. The van der Waals surface area contributed by atoms with E-state index in [1.165, 1.54) is 68.8 Å². The van der Waals surface area contributed by atoms with Crippen LogP contribution < -0.4 is 0 Å². The molecule has 7 aromatic carbocycles. The minimum absolute atomic E-state index is 0. The zero-order chi connectivity index (χ0) is 70.7. The van der Waals surface area contributed by atoms with Gasteiger partial charge in [-0.25, -0.2) is 75.8 Å². The summed E-state index contributed by atoms with van der Waals surface area (Å²) in [4.78, 5) is -5.82. The predicted molar refractivity (Wildman–Crippen MR) is 369 cm³/mol. The first kappa shape index (κ1) is 110. The lowest BCUT2D eigenvalue weighted by molar-refractivity contribution is 0.446. The molecule has 0 aliphatic rings. The monoisotopic (exact) mass is 1560 g/mol. The van der Waals surface area contributed by atoms with Gasteiger partial charge in [-0.3, -0.25) is 0 Å². The molecule has 0 bridgehead atoms. The Kier molecular flexibility index (Phi) is 50.4. The molecule has 0 saturated carbocycles. The molecular formula is C62H91O27S9-9. The van der Waals surface area contributed by atoms with E-state index < -0.39 is 120 Å². The fourth-order valence-corrected chi connectivity index (χ4v) is 14.1. The van der Waals surface area contributed by atoms with Crippen molar-refractivity contribution in [3.05, 3.63) is 195 Å². The Labute approximate surface area is 585 Å². The van der Waals surface area contributed by atoms with Gasteiger partial charge in [-0.15, -0.1) is 0 Å². The molecule has 0 heterocycles. The Morgan fingerprint density at radius 1 is 0.214 bits per heavy atom. The van der Waals surface area contributed by atoms with E-state index in [-0.39, 0.29) is 85.2 Å². The van der Waals surface area contributed by atoms with Crippen molar-refractivity contribution in [3.8, 4) is 0 Å². The van der Waals surface area contributed by atoms with Gasteiger partial charge in [0.1, 0.15) is 91.1 Å². The van der Waals surface area contributed by atoms with Gasteiger partial charge in [0.05, 0.1) is 44.1 Å². The molecule has 36 heteroatoms. The van der Waals surface area contributed by atoms with E-state index in [0.717, 1.165) is 52.6 Å². The zero-order valence-electron chi connectivity index (χ0n) is 49.5. The van der Waals surface area contributed by atoms with Crippen LogP contribution in [0.2, 0.25) is 0 Å². The smallest absolute Gasteiger partial charge is 0.125 e. The molecule has 0 atom stereocenters. The minimum atomic E-state index is -4.98. The molecule has 0 amide bonds. The van der Waals surface area contributed by atoms with Crippen molar-refractivity contribution in [2.24, 2.45) is 0 Å². The van der Waals surface area contributed by atoms with Crippen LogP contribution in [0.15, 0.2) is 184 Å². The molecule has 7 aromatic rings. The molecule has 27 nitrogen and oxygen atoms in total. The summed E-state index contributed by atoms with van der Waals surface area (Å²) in [5.41, 5.74) is 6.08. The first-order chi connectivity index (χ1) is 40.5. The third-order valence-corrected chi connectivity index (χ3v) is 19.4. The van der Waals surface area contributed by atoms with E-state index in [9.17, 15) is 117 Å². The normalized spacial score (nSPS) is 10.8. The van der Waals surface area contributed by atoms with Crippen LogP contribution in [0, 0.1) is 69.2 Å². The van der Waals surface area contributed by atoms with Gasteiger partial charge < -0.3 is 41.0 Å². The van der Waals surface area contributed by atoms with Crippen LogP contribution in [0.25, 0.3) is 0 Å². The third kappa shape index (κ3) is 38.9. The molecule has 0 fully saturated rings. The van der Waals surface area contributed by atoms with Gasteiger partial charge >= 0.3 is 0 Å². The summed E-state index contributed by atoms with van der Waals surface area (Å²) in [5, 5.41) is 0. The van der Waals surface area contributed by atoms with Crippen molar-refractivity contribution in [2.75, 3.05) is 0 Å². The fourth-order valence-electron chi connectivity index (χ4n) is 6.85. The Morgan fingerprint density at radius 3 is 0.888 bits per heavy atom. The summed E-state index contributed by atoms with van der Waals surface area (Å²) in [6.07, 6.45) is 0. The molecule has 98 heavy (non-hydrogen) atoms. The first-order valence-corrected chi connectivity index (χ1v) is 37.4. The van der Waals surface area contributed by atoms with Crippen molar-refractivity contribution < 1.29 is 117 Å². The predicted octanol–water partition coefficient (Wildman–Crippen LogP) is 11.1. The molecule has 0 aromatic heterocycles. The van der Waals surface area contributed by atoms with Crippen molar-refractivity contribution >= 4 is 91.1 Å². The third-order valence-electron chi connectivity index (χ3n) is 10.9. The van der Waals surface area contributed by atoms with Gasteiger partial charge in [0.25, 0.3) is 0 Å². The van der Waals surface area contributed by atoms with E-state index in [0.29, 0.717) is 22.8 Å². The molecule has 7 rings (SSSR count). The SMILES string of the molecule is C.C.C.C.C.C.C.C.CC.Cc1cc(C)cc(S(=O)(=O)[O-])c1.Cc1ccc(S(=O)(=O)[O-])c(C)c1.Cc1ccc(S(=O)(=O)[O-])c(S(=O)(=O)[O-])c1.Cc1ccc(S(=O)(=O)[O-])cc1S(=O)(=O)[O-].Cc1cccc(S(=O)(=O)[O-])c1C.Cc1cccc(S(=O)(=O)[O-])c1S(=O)(=O)[O-].Cc1ccccc1. The average Bonchev–Trinajstić information content (AvgIpc) is 0.806. The molecule has 0 N–H and O–H groups in total. The molecule has 0 aliphatic carbocycles. The Hall–Kier alpha value is -6.27. The number of aryl methyl sites for hydroxylation is 9. The van der Waals surface area contributed by atoms with Gasteiger partial charge in [0.2, 0.25) is 0 Å². The Morgan fingerprint density at radius 2 is 0.571 bits per heavy atom. The summed E-state index contributed by atoms with van der Waals surface area (Å²) in [6.45, 7) is 20.5. The number of rotatable bonds is 9. The van der Waals surface area contributed by atoms with Crippen molar-refractivity contribution in [3.63, 3.8) is 0 Å². The standard InChI is InChI=1S/3C8H10O3S.3C7H8O6S2.C7H8.C2H6.8CH4/c1-6-3-7(2)5-8(4-6)12(9,10)11;1-6-3-4-8(7(2)5-6)12(9,10)11;1-6-4-3-5-8(7(6)2)12(9,10)11;1-5-2-3-6(14(8,9)10)4-7(5)15(11,12)13;1-5-2-3-6(14(8,9)10)7(4-5)15(11,12)13;1-5-3-2-4-6(14(8,9)10)7(5)15(11,12)13;1-7-5-3-2-4-6-7;1-2;;;;;;;;/h3*3-5H,1-2H3,(H,9,10,11);3*2-4H,1H3,(H,8,9,10)(H,11,12,13);2-6H,1H3;1-2H3;8*1H4/p-9. The Bertz CT molecular complexity index is 4680. The van der Waals surface area contributed by atoms with E-state index in [2.05, 4.69) is 19.1 Å². The number of hydrogen-bond acceptors (Lipinski definition) is 27. The van der Waals surface area contributed by atoms with Crippen molar-refractivity contribution in [2.45, 2.75) is 187 Å². The summed E-state index contributed by atoms with van der Waals surface area (Å²) >= 11 is 0. The quantitative estimate of drug-likeness (QED) is 0.121. The highest BCUT2D eigenvalue weighted by Gasteiger charge is 2.17. The number of benzene rings is 7. The first-order valence-electron chi connectivity index (χ1n) is 24.7. The van der Waals surface area contributed by atoms with Gasteiger partial charge in [-0.05, 0) is 168 Å².